The Hall–Kier alpha value is -3.82. The van der Waals surface area contributed by atoms with E-state index in [-0.39, 0.29) is 11.7 Å². The molecular formula is C17H15N7O3. The summed E-state index contributed by atoms with van der Waals surface area (Å²) in [6.45, 7) is 1.89. The number of aromatic amines is 2. The first-order chi connectivity index (χ1) is 13.0. The quantitative estimate of drug-likeness (QED) is 0.550. The Bertz CT molecular complexity index is 1230. The number of ether oxygens (including phenoxy) is 1. The fourth-order valence-corrected chi connectivity index (χ4v) is 2.69. The van der Waals surface area contributed by atoms with Crippen LogP contribution in [-0.2, 0) is 7.05 Å². The summed E-state index contributed by atoms with van der Waals surface area (Å²) in [5.41, 5.74) is 0.755. The first-order valence-electron chi connectivity index (χ1n) is 8.12. The number of H-pyrrole nitrogens is 2. The molecule has 0 bridgehead atoms. The van der Waals surface area contributed by atoms with Gasteiger partial charge in [-0.25, -0.2) is 9.48 Å². The van der Waals surface area contributed by atoms with E-state index in [2.05, 4.69) is 30.2 Å². The van der Waals surface area contributed by atoms with Crippen LogP contribution in [0.5, 0.6) is 5.88 Å². The number of rotatable bonds is 4. The number of aryl methyl sites for hydroxylation is 1. The molecule has 2 N–H and O–H groups in total. The van der Waals surface area contributed by atoms with E-state index in [4.69, 9.17) is 4.74 Å². The average Bonchev–Trinajstić information content (AvgIpc) is 2.97. The van der Waals surface area contributed by atoms with Gasteiger partial charge >= 0.3 is 5.69 Å². The Labute approximate surface area is 151 Å². The van der Waals surface area contributed by atoms with Gasteiger partial charge in [-0.2, -0.15) is 0 Å². The van der Waals surface area contributed by atoms with Crippen molar-refractivity contribution in [3.05, 3.63) is 63.2 Å². The van der Waals surface area contributed by atoms with E-state index < -0.39 is 11.2 Å². The van der Waals surface area contributed by atoms with Gasteiger partial charge in [0.2, 0.25) is 5.88 Å². The van der Waals surface area contributed by atoms with Crippen LogP contribution in [0.1, 0.15) is 18.6 Å². The summed E-state index contributed by atoms with van der Waals surface area (Å²) >= 11 is 0. The normalized spacial score (nSPS) is 12.2. The summed E-state index contributed by atoms with van der Waals surface area (Å²) in [7, 11) is 1.73. The average molecular weight is 365 g/mol. The fraction of sp³-hybridized carbons (Fsp3) is 0.176. The van der Waals surface area contributed by atoms with Crippen LogP contribution in [0.25, 0.3) is 22.3 Å². The van der Waals surface area contributed by atoms with Gasteiger partial charge in [-0.05, 0) is 19.1 Å². The maximum absolute atomic E-state index is 12.0. The molecule has 0 amide bonds. The topological polar surface area (TPSA) is 131 Å². The molecule has 10 nitrogen and oxygen atoms in total. The predicted octanol–water partition coefficient (Wildman–Crippen LogP) is 0.942. The number of aromatic nitrogens is 7. The Morgan fingerprint density at radius 2 is 2.11 bits per heavy atom. The van der Waals surface area contributed by atoms with Crippen molar-refractivity contribution in [3.8, 4) is 17.1 Å². The minimum absolute atomic E-state index is 0.194. The number of nitrogens with zero attached hydrogens (tertiary/aromatic N) is 5. The second kappa shape index (κ2) is 6.48. The van der Waals surface area contributed by atoms with E-state index in [1.54, 1.807) is 30.2 Å². The molecule has 4 aromatic heterocycles. The molecule has 0 fully saturated rings. The van der Waals surface area contributed by atoms with Gasteiger partial charge in [-0.1, -0.05) is 6.07 Å². The lowest BCUT2D eigenvalue weighted by molar-refractivity contribution is 0.218. The molecule has 136 valence electrons. The van der Waals surface area contributed by atoms with Crippen LogP contribution in [0.15, 0.2) is 46.4 Å². The standard InChI is InChI=1S/C17H15N7O3/c1-9(10-4-3-5-18-7-10)27-16-11-6-13(21-22-14(11)24(2)23-16)12-8-19-17(26)20-15(12)25/h3-9H,1-2H3,(H2,19,20,25,26). The van der Waals surface area contributed by atoms with Crippen LogP contribution in [0, 0.1) is 0 Å². The molecule has 4 aromatic rings. The van der Waals surface area contributed by atoms with Gasteiger partial charge in [0.25, 0.3) is 5.56 Å². The molecular weight excluding hydrogens is 350 g/mol. The second-order valence-corrected chi connectivity index (χ2v) is 5.93. The highest BCUT2D eigenvalue weighted by atomic mass is 16.5. The van der Waals surface area contributed by atoms with Gasteiger partial charge in [0.15, 0.2) is 5.65 Å². The van der Waals surface area contributed by atoms with Crippen molar-refractivity contribution in [1.82, 2.24) is 34.9 Å². The van der Waals surface area contributed by atoms with Gasteiger partial charge in [-0.3, -0.25) is 14.8 Å². The van der Waals surface area contributed by atoms with Gasteiger partial charge in [-0.15, -0.1) is 15.3 Å². The van der Waals surface area contributed by atoms with E-state index >= 15 is 0 Å². The highest BCUT2D eigenvalue weighted by molar-refractivity contribution is 5.84. The fourth-order valence-electron chi connectivity index (χ4n) is 2.69. The number of fused-ring (bicyclic) bond motifs is 1. The van der Waals surface area contributed by atoms with Crippen molar-refractivity contribution >= 4 is 11.0 Å². The monoisotopic (exact) mass is 365 g/mol. The summed E-state index contributed by atoms with van der Waals surface area (Å²) in [6.07, 6.45) is 4.42. The molecule has 0 aliphatic rings. The molecule has 0 aliphatic carbocycles. The van der Waals surface area contributed by atoms with Crippen LogP contribution >= 0.6 is 0 Å². The molecule has 0 saturated carbocycles. The molecule has 1 atom stereocenters. The highest BCUT2D eigenvalue weighted by Crippen LogP contribution is 2.29. The van der Waals surface area contributed by atoms with Crippen LogP contribution in [0.3, 0.4) is 0 Å². The van der Waals surface area contributed by atoms with Crippen molar-refractivity contribution in [2.75, 3.05) is 0 Å². The third-order valence-corrected chi connectivity index (χ3v) is 4.09. The minimum Gasteiger partial charge on any atom is -0.468 e. The summed E-state index contributed by atoms with van der Waals surface area (Å²) in [4.78, 5) is 31.9. The largest absolute Gasteiger partial charge is 0.468 e. The molecule has 1 unspecified atom stereocenters. The van der Waals surface area contributed by atoms with E-state index in [1.165, 1.54) is 6.20 Å². The van der Waals surface area contributed by atoms with Gasteiger partial charge in [0.05, 0.1) is 10.9 Å². The molecule has 0 aromatic carbocycles. The summed E-state index contributed by atoms with van der Waals surface area (Å²) in [5, 5.41) is 13.2. The molecule has 0 spiro atoms. The summed E-state index contributed by atoms with van der Waals surface area (Å²) in [6, 6.07) is 5.40. The van der Waals surface area contributed by atoms with Crippen LogP contribution in [0.2, 0.25) is 0 Å². The third kappa shape index (κ3) is 3.08. The Kier molecular flexibility index (Phi) is 3.99. The zero-order valence-corrected chi connectivity index (χ0v) is 14.5. The number of pyridine rings is 1. The van der Waals surface area contributed by atoms with Crippen LogP contribution in [0.4, 0.5) is 0 Å². The summed E-state index contributed by atoms with van der Waals surface area (Å²) < 4.78 is 7.54. The molecule has 4 rings (SSSR count). The van der Waals surface area contributed by atoms with Crippen molar-refractivity contribution in [2.24, 2.45) is 7.05 Å². The van der Waals surface area contributed by atoms with E-state index in [1.807, 2.05) is 19.1 Å². The Morgan fingerprint density at radius 1 is 1.26 bits per heavy atom. The summed E-state index contributed by atoms with van der Waals surface area (Å²) in [5.74, 6) is 0.362. The van der Waals surface area contributed by atoms with Gasteiger partial charge in [0, 0.05) is 31.2 Å². The zero-order valence-electron chi connectivity index (χ0n) is 14.5. The maximum atomic E-state index is 12.0. The van der Waals surface area contributed by atoms with Crippen molar-refractivity contribution in [2.45, 2.75) is 13.0 Å². The maximum Gasteiger partial charge on any atom is 0.325 e. The Morgan fingerprint density at radius 3 is 2.85 bits per heavy atom. The first-order valence-corrected chi connectivity index (χ1v) is 8.12. The second-order valence-electron chi connectivity index (χ2n) is 5.93. The van der Waals surface area contributed by atoms with Crippen molar-refractivity contribution in [3.63, 3.8) is 0 Å². The first kappa shape index (κ1) is 16.6. The molecule has 4 heterocycles. The van der Waals surface area contributed by atoms with Gasteiger partial charge < -0.3 is 9.72 Å². The number of hydrogen-bond acceptors (Lipinski definition) is 7. The SMILES string of the molecule is CC(Oc1nn(C)c2nnc(-c3c[nH]c(=O)[nH]c3=O)cc12)c1cccnc1. The lowest BCUT2D eigenvalue weighted by atomic mass is 10.2. The third-order valence-electron chi connectivity index (χ3n) is 4.09. The lowest BCUT2D eigenvalue weighted by Crippen LogP contribution is -2.22. The van der Waals surface area contributed by atoms with Crippen LogP contribution in [-0.4, -0.2) is 34.9 Å². The molecule has 27 heavy (non-hydrogen) atoms. The number of hydrogen-bond donors (Lipinski definition) is 2. The van der Waals surface area contributed by atoms with Crippen molar-refractivity contribution in [1.29, 1.82) is 0 Å². The van der Waals surface area contributed by atoms with Crippen LogP contribution < -0.4 is 16.0 Å². The lowest BCUT2D eigenvalue weighted by Gasteiger charge is -2.12. The molecule has 0 saturated heterocycles. The number of nitrogens with one attached hydrogen (secondary N) is 2. The molecule has 0 radical (unpaired) electrons. The molecule has 0 aliphatic heterocycles. The van der Waals surface area contributed by atoms with E-state index in [0.29, 0.717) is 22.6 Å². The predicted molar refractivity (Wildman–Crippen MR) is 96.3 cm³/mol. The minimum atomic E-state index is -0.589. The zero-order chi connectivity index (χ0) is 19.0. The van der Waals surface area contributed by atoms with E-state index in [9.17, 15) is 9.59 Å². The Balaban J connectivity index is 1.78. The smallest absolute Gasteiger partial charge is 0.325 e. The van der Waals surface area contributed by atoms with Crippen molar-refractivity contribution < 1.29 is 4.74 Å². The van der Waals surface area contributed by atoms with Gasteiger partial charge in [0.1, 0.15) is 11.8 Å². The van der Waals surface area contributed by atoms with E-state index in [0.717, 1.165) is 5.56 Å². The highest BCUT2D eigenvalue weighted by Gasteiger charge is 2.18. The molecule has 10 heteroatoms.